The van der Waals surface area contributed by atoms with E-state index in [4.69, 9.17) is 0 Å². The first-order chi connectivity index (χ1) is 8.91. The Morgan fingerprint density at radius 1 is 1.37 bits per heavy atom. The van der Waals surface area contributed by atoms with Crippen LogP contribution >= 0.6 is 0 Å². The molecule has 6 heteroatoms. The number of rotatable bonds is 3. The zero-order valence-electron chi connectivity index (χ0n) is 11.9. The topological polar surface area (TPSA) is 64.7 Å². The van der Waals surface area contributed by atoms with Crippen LogP contribution < -0.4 is 5.32 Å². The van der Waals surface area contributed by atoms with Crippen molar-refractivity contribution in [2.45, 2.75) is 26.8 Å². The number of aryl methyl sites for hydroxylation is 3. The van der Waals surface area contributed by atoms with Gasteiger partial charge in [0.2, 0.25) is 0 Å². The van der Waals surface area contributed by atoms with Crippen LogP contribution in [0.4, 0.5) is 0 Å². The molecule has 0 saturated heterocycles. The van der Waals surface area contributed by atoms with Crippen LogP contribution in [0.25, 0.3) is 0 Å². The van der Waals surface area contributed by atoms with Gasteiger partial charge in [-0.2, -0.15) is 5.10 Å². The summed E-state index contributed by atoms with van der Waals surface area (Å²) in [6.45, 7) is 5.91. The van der Waals surface area contributed by atoms with Crippen molar-refractivity contribution >= 4 is 5.91 Å². The van der Waals surface area contributed by atoms with Crippen molar-refractivity contribution in [3.8, 4) is 0 Å². The summed E-state index contributed by atoms with van der Waals surface area (Å²) in [6, 6.07) is -0.0992. The minimum absolute atomic E-state index is 0.0992. The Morgan fingerprint density at radius 2 is 2.05 bits per heavy atom. The summed E-state index contributed by atoms with van der Waals surface area (Å²) in [5.74, 6) is 0.230. The molecule has 2 heterocycles. The molecule has 1 amide bonds. The van der Waals surface area contributed by atoms with Gasteiger partial charge in [0, 0.05) is 37.7 Å². The Hall–Kier alpha value is -2.11. The summed E-state index contributed by atoms with van der Waals surface area (Å²) >= 11 is 0. The number of aromatic nitrogens is 4. The zero-order valence-corrected chi connectivity index (χ0v) is 11.9. The van der Waals surface area contributed by atoms with Crippen LogP contribution in [-0.2, 0) is 14.1 Å². The van der Waals surface area contributed by atoms with Crippen LogP contribution in [-0.4, -0.2) is 25.2 Å². The summed E-state index contributed by atoms with van der Waals surface area (Å²) in [4.78, 5) is 16.2. The van der Waals surface area contributed by atoms with Crippen molar-refractivity contribution in [3.63, 3.8) is 0 Å². The van der Waals surface area contributed by atoms with Crippen molar-refractivity contribution < 1.29 is 4.79 Å². The lowest BCUT2D eigenvalue weighted by atomic mass is 10.1. The third-order valence-electron chi connectivity index (χ3n) is 3.37. The maximum atomic E-state index is 12.1. The van der Waals surface area contributed by atoms with Crippen molar-refractivity contribution in [1.29, 1.82) is 0 Å². The molecule has 0 spiro atoms. The molecule has 0 aliphatic rings. The highest BCUT2D eigenvalue weighted by atomic mass is 16.2. The van der Waals surface area contributed by atoms with Crippen LogP contribution in [0, 0.1) is 13.8 Å². The zero-order chi connectivity index (χ0) is 14.2. The molecule has 0 bridgehead atoms. The molecule has 0 fully saturated rings. The molecule has 0 unspecified atom stereocenters. The van der Waals surface area contributed by atoms with E-state index < -0.39 is 0 Å². The second-order valence-corrected chi connectivity index (χ2v) is 4.77. The quantitative estimate of drug-likeness (QED) is 0.904. The van der Waals surface area contributed by atoms with Gasteiger partial charge in [-0.1, -0.05) is 0 Å². The first kappa shape index (κ1) is 13.3. The fraction of sp³-hybridized carbons (Fsp3) is 0.462. The number of carbonyl (C=O) groups excluding carboxylic acids is 1. The van der Waals surface area contributed by atoms with E-state index >= 15 is 0 Å². The Morgan fingerprint density at radius 3 is 2.53 bits per heavy atom. The van der Waals surface area contributed by atoms with E-state index in [1.54, 1.807) is 24.0 Å². The van der Waals surface area contributed by atoms with Crippen LogP contribution in [0.5, 0.6) is 0 Å². The van der Waals surface area contributed by atoms with E-state index in [9.17, 15) is 4.79 Å². The maximum Gasteiger partial charge on any atom is 0.287 e. The molecule has 2 rings (SSSR count). The lowest BCUT2D eigenvalue weighted by molar-refractivity contribution is 0.0926. The van der Waals surface area contributed by atoms with Crippen molar-refractivity contribution in [2.75, 3.05) is 0 Å². The lowest BCUT2D eigenvalue weighted by Gasteiger charge is -2.14. The summed E-state index contributed by atoms with van der Waals surface area (Å²) in [5.41, 5.74) is 3.06. The van der Waals surface area contributed by atoms with Crippen LogP contribution in [0.3, 0.4) is 0 Å². The average molecular weight is 261 g/mol. The number of imidazole rings is 1. The normalized spacial score (nSPS) is 12.5. The van der Waals surface area contributed by atoms with Gasteiger partial charge >= 0.3 is 0 Å². The minimum atomic E-state index is -0.178. The van der Waals surface area contributed by atoms with E-state index in [1.807, 2.05) is 32.5 Å². The maximum absolute atomic E-state index is 12.1. The average Bonchev–Trinajstić information content (AvgIpc) is 2.84. The van der Waals surface area contributed by atoms with Crippen molar-refractivity contribution in [3.05, 3.63) is 35.2 Å². The van der Waals surface area contributed by atoms with Gasteiger partial charge in [0.25, 0.3) is 5.91 Å². The van der Waals surface area contributed by atoms with Gasteiger partial charge in [-0.05, 0) is 20.8 Å². The molecule has 1 atom stereocenters. The van der Waals surface area contributed by atoms with Gasteiger partial charge in [0.15, 0.2) is 5.82 Å². The monoisotopic (exact) mass is 261 g/mol. The minimum Gasteiger partial charge on any atom is -0.343 e. The molecule has 19 heavy (non-hydrogen) atoms. The van der Waals surface area contributed by atoms with Crippen LogP contribution in [0.2, 0.25) is 0 Å². The first-order valence-corrected chi connectivity index (χ1v) is 6.20. The van der Waals surface area contributed by atoms with E-state index in [2.05, 4.69) is 15.4 Å². The number of nitrogens with zero attached hydrogens (tertiary/aromatic N) is 4. The first-order valence-electron chi connectivity index (χ1n) is 6.20. The van der Waals surface area contributed by atoms with Crippen LogP contribution in [0.1, 0.15) is 40.5 Å². The predicted octanol–water partition coefficient (Wildman–Crippen LogP) is 1.26. The highest BCUT2D eigenvalue weighted by Crippen LogP contribution is 2.20. The molecule has 6 nitrogen and oxygen atoms in total. The highest BCUT2D eigenvalue weighted by molar-refractivity contribution is 5.91. The molecule has 1 N–H and O–H groups in total. The Kier molecular flexibility index (Phi) is 3.42. The molecule has 102 valence electrons. The number of hydrogen-bond donors (Lipinski definition) is 1. The van der Waals surface area contributed by atoms with Crippen LogP contribution in [0.15, 0.2) is 12.4 Å². The summed E-state index contributed by atoms with van der Waals surface area (Å²) < 4.78 is 3.53. The predicted molar refractivity (Wildman–Crippen MR) is 71.8 cm³/mol. The fourth-order valence-corrected chi connectivity index (χ4v) is 2.33. The molecular weight excluding hydrogens is 242 g/mol. The summed E-state index contributed by atoms with van der Waals surface area (Å²) in [6.07, 6.45) is 3.36. The molecule has 0 saturated carbocycles. The molecular formula is C13H19N5O. The fourth-order valence-electron chi connectivity index (χ4n) is 2.33. The van der Waals surface area contributed by atoms with Gasteiger partial charge in [-0.25, -0.2) is 4.98 Å². The Bertz CT molecular complexity index is 611. The molecule has 0 aliphatic heterocycles. The highest BCUT2D eigenvalue weighted by Gasteiger charge is 2.20. The van der Waals surface area contributed by atoms with Gasteiger partial charge in [-0.15, -0.1) is 0 Å². The molecule has 0 aromatic carbocycles. The lowest BCUT2D eigenvalue weighted by Crippen LogP contribution is -2.29. The SMILES string of the molecule is Cc1nn(C)c(C)c1[C@@H](C)NC(=O)c1nccn1C. The second kappa shape index (κ2) is 4.87. The summed E-state index contributed by atoms with van der Waals surface area (Å²) in [7, 11) is 3.70. The van der Waals surface area contributed by atoms with Gasteiger partial charge < -0.3 is 9.88 Å². The third kappa shape index (κ3) is 2.38. The molecule has 2 aromatic heterocycles. The van der Waals surface area contributed by atoms with E-state index in [1.165, 1.54) is 0 Å². The Labute approximate surface area is 112 Å². The van der Waals surface area contributed by atoms with Gasteiger partial charge in [0.1, 0.15) is 0 Å². The second-order valence-electron chi connectivity index (χ2n) is 4.77. The number of amides is 1. The smallest absolute Gasteiger partial charge is 0.287 e. The largest absolute Gasteiger partial charge is 0.343 e. The molecule has 2 aromatic rings. The summed E-state index contributed by atoms with van der Waals surface area (Å²) in [5, 5.41) is 7.32. The number of carbonyl (C=O) groups is 1. The van der Waals surface area contributed by atoms with E-state index in [0.29, 0.717) is 5.82 Å². The van der Waals surface area contributed by atoms with Crippen molar-refractivity contribution in [2.24, 2.45) is 14.1 Å². The number of hydrogen-bond acceptors (Lipinski definition) is 3. The van der Waals surface area contributed by atoms with Crippen molar-refractivity contribution in [1.82, 2.24) is 24.6 Å². The molecule has 0 aliphatic carbocycles. The Balaban J connectivity index is 2.20. The standard InChI is InChI=1S/C13H19N5O/c1-8(11-9(2)16-18(5)10(11)3)15-13(19)12-14-6-7-17(12)4/h6-8H,1-5H3,(H,15,19)/t8-/m1/s1. The molecule has 0 radical (unpaired) electrons. The van der Waals surface area contributed by atoms with E-state index in [0.717, 1.165) is 17.0 Å². The third-order valence-corrected chi connectivity index (χ3v) is 3.37. The number of nitrogens with one attached hydrogen (secondary N) is 1. The van der Waals surface area contributed by atoms with Gasteiger partial charge in [0.05, 0.1) is 11.7 Å². The van der Waals surface area contributed by atoms with Gasteiger partial charge in [-0.3, -0.25) is 9.48 Å². The van der Waals surface area contributed by atoms with E-state index in [-0.39, 0.29) is 11.9 Å².